The standard InChI is InChI=1S/C15H11ClN2O2S2/c1-8(14(19)20)22-15-17-12(16)11-10(7-21-13(11)18-15)9-5-3-2-4-6-9/h2-8H,1H3,(H,19,20). The van der Waals surface area contributed by atoms with Gasteiger partial charge in [0.2, 0.25) is 0 Å². The summed E-state index contributed by atoms with van der Waals surface area (Å²) in [6.45, 7) is 1.60. The summed E-state index contributed by atoms with van der Waals surface area (Å²) in [7, 11) is 0. The van der Waals surface area contributed by atoms with Crippen LogP contribution in [-0.2, 0) is 4.79 Å². The average Bonchev–Trinajstić information content (AvgIpc) is 2.92. The van der Waals surface area contributed by atoms with E-state index in [1.54, 1.807) is 6.92 Å². The molecule has 2 aromatic heterocycles. The van der Waals surface area contributed by atoms with Crippen LogP contribution >= 0.6 is 34.7 Å². The number of carboxylic acids is 1. The van der Waals surface area contributed by atoms with Crippen molar-refractivity contribution in [3.05, 3.63) is 40.9 Å². The Morgan fingerprint density at radius 1 is 1.32 bits per heavy atom. The van der Waals surface area contributed by atoms with Gasteiger partial charge in [0, 0.05) is 10.9 Å². The van der Waals surface area contributed by atoms with Crippen LogP contribution in [0.15, 0.2) is 40.9 Å². The van der Waals surface area contributed by atoms with Crippen molar-refractivity contribution in [3.8, 4) is 11.1 Å². The molecule has 22 heavy (non-hydrogen) atoms. The third kappa shape index (κ3) is 2.95. The molecule has 1 aromatic carbocycles. The normalized spacial score (nSPS) is 12.5. The van der Waals surface area contributed by atoms with Crippen LogP contribution in [-0.4, -0.2) is 26.3 Å². The Morgan fingerprint density at radius 3 is 2.73 bits per heavy atom. The molecular weight excluding hydrogens is 340 g/mol. The molecular formula is C15H11ClN2O2S2. The highest BCUT2D eigenvalue weighted by molar-refractivity contribution is 8.00. The number of hydrogen-bond donors (Lipinski definition) is 1. The van der Waals surface area contributed by atoms with Crippen LogP contribution in [0.1, 0.15) is 6.92 Å². The van der Waals surface area contributed by atoms with Gasteiger partial charge in [-0.3, -0.25) is 4.79 Å². The lowest BCUT2D eigenvalue weighted by Crippen LogP contribution is -2.11. The molecule has 4 nitrogen and oxygen atoms in total. The first-order valence-corrected chi connectivity index (χ1v) is 8.59. The van der Waals surface area contributed by atoms with E-state index in [9.17, 15) is 4.79 Å². The van der Waals surface area contributed by atoms with Crippen molar-refractivity contribution < 1.29 is 9.90 Å². The molecule has 2 heterocycles. The molecule has 3 rings (SSSR count). The highest BCUT2D eigenvalue weighted by Gasteiger charge is 2.18. The summed E-state index contributed by atoms with van der Waals surface area (Å²) in [6, 6.07) is 9.90. The maximum Gasteiger partial charge on any atom is 0.316 e. The van der Waals surface area contributed by atoms with Crippen LogP contribution in [0.4, 0.5) is 0 Å². The van der Waals surface area contributed by atoms with Gasteiger partial charge in [-0.1, -0.05) is 53.7 Å². The zero-order valence-electron chi connectivity index (χ0n) is 11.5. The third-order valence-corrected chi connectivity index (χ3v) is 5.18. The Bertz CT molecular complexity index is 836. The van der Waals surface area contributed by atoms with Crippen LogP contribution in [0.2, 0.25) is 5.15 Å². The van der Waals surface area contributed by atoms with Crippen LogP contribution < -0.4 is 0 Å². The predicted octanol–water partition coefficient (Wildman–Crippen LogP) is 4.58. The van der Waals surface area contributed by atoms with Crippen molar-refractivity contribution >= 4 is 50.9 Å². The van der Waals surface area contributed by atoms with E-state index >= 15 is 0 Å². The molecule has 0 aliphatic rings. The number of carboxylic acid groups (broad SMARTS) is 1. The maximum absolute atomic E-state index is 10.9. The fourth-order valence-corrected chi connectivity index (χ4v) is 4.06. The zero-order valence-corrected chi connectivity index (χ0v) is 13.9. The quantitative estimate of drug-likeness (QED) is 0.424. The van der Waals surface area contributed by atoms with Crippen molar-refractivity contribution in [2.45, 2.75) is 17.3 Å². The number of benzene rings is 1. The van der Waals surface area contributed by atoms with Crippen molar-refractivity contribution in [2.75, 3.05) is 0 Å². The summed E-state index contributed by atoms with van der Waals surface area (Å²) in [5, 5.41) is 11.9. The fraction of sp³-hybridized carbons (Fsp3) is 0.133. The van der Waals surface area contributed by atoms with Gasteiger partial charge in [-0.05, 0) is 12.5 Å². The van der Waals surface area contributed by atoms with Crippen LogP contribution in [0, 0.1) is 0 Å². The van der Waals surface area contributed by atoms with Crippen molar-refractivity contribution in [3.63, 3.8) is 0 Å². The molecule has 0 aliphatic heterocycles. The fourth-order valence-electron chi connectivity index (χ4n) is 1.97. The molecule has 1 N–H and O–H groups in total. The Balaban J connectivity index is 2.05. The molecule has 0 bridgehead atoms. The Hall–Kier alpha value is -1.63. The van der Waals surface area contributed by atoms with Gasteiger partial charge in [-0.25, -0.2) is 9.97 Å². The third-order valence-electron chi connectivity index (χ3n) is 3.08. The van der Waals surface area contributed by atoms with Gasteiger partial charge in [-0.2, -0.15) is 0 Å². The van der Waals surface area contributed by atoms with Gasteiger partial charge in [0.05, 0.1) is 5.39 Å². The van der Waals surface area contributed by atoms with Crippen molar-refractivity contribution in [1.29, 1.82) is 0 Å². The minimum atomic E-state index is -0.902. The number of halogens is 1. The Labute approximate surface area is 140 Å². The Morgan fingerprint density at radius 2 is 2.05 bits per heavy atom. The minimum absolute atomic E-state index is 0.352. The number of aromatic nitrogens is 2. The number of rotatable bonds is 4. The van der Waals surface area contributed by atoms with Crippen LogP contribution in [0.5, 0.6) is 0 Å². The van der Waals surface area contributed by atoms with E-state index in [4.69, 9.17) is 16.7 Å². The number of thioether (sulfide) groups is 1. The molecule has 0 saturated carbocycles. The van der Waals surface area contributed by atoms with Crippen LogP contribution in [0.3, 0.4) is 0 Å². The second kappa shape index (κ2) is 6.24. The second-order valence-electron chi connectivity index (χ2n) is 4.59. The van der Waals surface area contributed by atoms with E-state index in [1.165, 1.54) is 11.3 Å². The molecule has 7 heteroatoms. The topological polar surface area (TPSA) is 63.1 Å². The molecule has 3 aromatic rings. The molecule has 0 aliphatic carbocycles. The number of carbonyl (C=O) groups is 1. The second-order valence-corrected chi connectivity index (χ2v) is 7.11. The molecule has 0 saturated heterocycles. The molecule has 0 fully saturated rings. The van der Waals surface area contributed by atoms with Gasteiger partial charge in [-0.15, -0.1) is 11.3 Å². The molecule has 0 spiro atoms. The lowest BCUT2D eigenvalue weighted by atomic mass is 10.1. The maximum atomic E-state index is 10.9. The molecule has 1 atom stereocenters. The molecule has 0 radical (unpaired) electrons. The smallest absolute Gasteiger partial charge is 0.316 e. The lowest BCUT2D eigenvalue weighted by molar-refractivity contribution is -0.136. The average molecular weight is 351 g/mol. The van der Waals surface area contributed by atoms with Crippen LogP contribution in [0.25, 0.3) is 21.3 Å². The summed E-state index contributed by atoms with van der Waals surface area (Å²) >= 11 is 8.88. The summed E-state index contributed by atoms with van der Waals surface area (Å²) < 4.78 is 0. The minimum Gasteiger partial charge on any atom is -0.480 e. The zero-order chi connectivity index (χ0) is 15.7. The summed E-state index contributed by atoms with van der Waals surface area (Å²) in [5.74, 6) is -0.902. The SMILES string of the molecule is CC(Sc1nc(Cl)c2c(-c3ccccc3)csc2n1)C(=O)O. The number of hydrogen-bond acceptors (Lipinski definition) is 5. The first kappa shape index (κ1) is 15.3. The van der Waals surface area contributed by atoms with Gasteiger partial charge >= 0.3 is 5.97 Å². The van der Waals surface area contributed by atoms with E-state index in [0.29, 0.717) is 10.3 Å². The Kier molecular flexibility index (Phi) is 4.33. The van der Waals surface area contributed by atoms with E-state index in [1.807, 2.05) is 35.7 Å². The summed E-state index contributed by atoms with van der Waals surface area (Å²) in [5.41, 5.74) is 2.05. The van der Waals surface area contributed by atoms with Gasteiger partial charge < -0.3 is 5.11 Å². The van der Waals surface area contributed by atoms with Gasteiger partial charge in [0.15, 0.2) is 5.16 Å². The molecule has 112 valence electrons. The molecule has 1 unspecified atom stereocenters. The highest BCUT2D eigenvalue weighted by atomic mass is 35.5. The number of thiophene rings is 1. The number of aliphatic carboxylic acids is 1. The number of nitrogens with zero attached hydrogens (tertiary/aromatic N) is 2. The van der Waals surface area contributed by atoms with Gasteiger partial charge in [0.1, 0.15) is 15.2 Å². The van der Waals surface area contributed by atoms with E-state index in [2.05, 4.69) is 9.97 Å². The largest absolute Gasteiger partial charge is 0.480 e. The van der Waals surface area contributed by atoms with E-state index in [0.717, 1.165) is 33.1 Å². The highest BCUT2D eigenvalue weighted by Crippen LogP contribution is 2.37. The predicted molar refractivity (Wildman–Crippen MR) is 90.8 cm³/mol. The van der Waals surface area contributed by atoms with E-state index < -0.39 is 11.2 Å². The lowest BCUT2D eigenvalue weighted by Gasteiger charge is -2.06. The van der Waals surface area contributed by atoms with Crippen molar-refractivity contribution in [2.24, 2.45) is 0 Å². The summed E-state index contributed by atoms with van der Waals surface area (Å²) in [4.78, 5) is 20.4. The van der Waals surface area contributed by atoms with Gasteiger partial charge in [0.25, 0.3) is 0 Å². The van der Waals surface area contributed by atoms with Crippen molar-refractivity contribution in [1.82, 2.24) is 9.97 Å². The molecule has 0 amide bonds. The number of fused-ring (bicyclic) bond motifs is 1. The monoisotopic (exact) mass is 350 g/mol. The first-order chi connectivity index (χ1) is 10.6. The van der Waals surface area contributed by atoms with E-state index in [-0.39, 0.29) is 0 Å². The summed E-state index contributed by atoms with van der Waals surface area (Å²) in [6.07, 6.45) is 0. The first-order valence-electron chi connectivity index (χ1n) is 6.46.